The summed E-state index contributed by atoms with van der Waals surface area (Å²) in [4.78, 5) is 31.0. The number of carbonyl (C=O) groups is 2. The van der Waals surface area contributed by atoms with E-state index in [-0.39, 0.29) is 11.8 Å². The summed E-state index contributed by atoms with van der Waals surface area (Å²) in [5.41, 5.74) is 2.49. The number of pyridine rings is 1. The third-order valence-electron chi connectivity index (χ3n) is 4.47. The molecular weight excluding hydrogens is 338 g/mol. The van der Waals surface area contributed by atoms with E-state index in [4.69, 9.17) is 0 Å². The fraction of sp³-hybridized carbons (Fsp3) is 0.227. The van der Waals surface area contributed by atoms with Crippen LogP contribution < -0.4 is 5.32 Å². The molecule has 3 rings (SSSR count). The average Bonchev–Trinajstić information content (AvgIpc) is 2.71. The highest BCUT2D eigenvalue weighted by Crippen LogP contribution is 2.21. The molecule has 0 atom stereocenters. The van der Waals surface area contributed by atoms with Crippen LogP contribution in [0.2, 0.25) is 0 Å². The Morgan fingerprint density at radius 3 is 2.44 bits per heavy atom. The number of unbranched alkanes of at least 4 members (excludes halogenated alkanes) is 1. The summed E-state index contributed by atoms with van der Waals surface area (Å²) in [6.45, 7) is 2.82. The first-order chi connectivity index (χ1) is 13.1. The average molecular weight is 361 g/mol. The predicted molar refractivity (Wildman–Crippen MR) is 108 cm³/mol. The molecule has 27 heavy (non-hydrogen) atoms. The topological polar surface area (TPSA) is 62.3 Å². The third kappa shape index (κ3) is 4.31. The SMILES string of the molecule is CCCCN(C)C(=O)c1ccc(C(=O)Nc2cccc3cccnc23)cc1. The van der Waals surface area contributed by atoms with Gasteiger partial charge < -0.3 is 10.2 Å². The van der Waals surface area contributed by atoms with Gasteiger partial charge in [0.2, 0.25) is 0 Å². The molecule has 0 spiro atoms. The van der Waals surface area contributed by atoms with Crippen molar-refractivity contribution in [2.45, 2.75) is 19.8 Å². The summed E-state index contributed by atoms with van der Waals surface area (Å²) in [6.07, 6.45) is 3.72. The first kappa shape index (κ1) is 18.6. The van der Waals surface area contributed by atoms with E-state index in [1.807, 2.05) is 30.3 Å². The molecule has 0 saturated carbocycles. The second kappa shape index (κ2) is 8.45. The third-order valence-corrected chi connectivity index (χ3v) is 4.47. The van der Waals surface area contributed by atoms with Crippen LogP contribution in [-0.4, -0.2) is 35.3 Å². The molecular formula is C22H23N3O2. The zero-order chi connectivity index (χ0) is 19.2. The van der Waals surface area contributed by atoms with E-state index in [0.717, 1.165) is 30.3 Å². The number of aromatic nitrogens is 1. The predicted octanol–water partition coefficient (Wildman–Crippen LogP) is 4.36. The van der Waals surface area contributed by atoms with Crippen molar-refractivity contribution in [3.05, 3.63) is 71.9 Å². The van der Waals surface area contributed by atoms with Crippen molar-refractivity contribution in [2.24, 2.45) is 0 Å². The van der Waals surface area contributed by atoms with Gasteiger partial charge in [0, 0.05) is 36.3 Å². The summed E-state index contributed by atoms with van der Waals surface area (Å²) in [6, 6.07) is 16.2. The number of anilines is 1. The minimum Gasteiger partial charge on any atom is -0.342 e. The Morgan fingerprint density at radius 1 is 1.00 bits per heavy atom. The lowest BCUT2D eigenvalue weighted by Crippen LogP contribution is -2.27. The molecule has 1 aromatic heterocycles. The summed E-state index contributed by atoms with van der Waals surface area (Å²) in [5, 5.41) is 3.87. The van der Waals surface area contributed by atoms with Gasteiger partial charge in [-0.25, -0.2) is 0 Å². The number of amides is 2. The minimum atomic E-state index is -0.230. The number of nitrogens with zero attached hydrogens (tertiary/aromatic N) is 2. The molecule has 0 unspecified atom stereocenters. The molecule has 0 saturated heterocycles. The van der Waals surface area contributed by atoms with E-state index in [0.29, 0.717) is 16.8 Å². The normalized spacial score (nSPS) is 10.6. The van der Waals surface area contributed by atoms with E-state index in [1.165, 1.54) is 0 Å². The lowest BCUT2D eigenvalue weighted by atomic mass is 10.1. The number of rotatable bonds is 6. The van der Waals surface area contributed by atoms with E-state index in [1.54, 1.807) is 42.4 Å². The van der Waals surface area contributed by atoms with E-state index in [2.05, 4.69) is 17.2 Å². The van der Waals surface area contributed by atoms with Gasteiger partial charge in [0.1, 0.15) is 0 Å². The van der Waals surface area contributed by atoms with Gasteiger partial charge in [-0.3, -0.25) is 14.6 Å². The van der Waals surface area contributed by atoms with Gasteiger partial charge in [-0.2, -0.15) is 0 Å². The molecule has 5 heteroatoms. The van der Waals surface area contributed by atoms with E-state index < -0.39 is 0 Å². The van der Waals surface area contributed by atoms with Crippen molar-refractivity contribution in [3.63, 3.8) is 0 Å². The Balaban J connectivity index is 1.73. The Labute approximate surface area is 159 Å². The Kier molecular flexibility index (Phi) is 5.81. The minimum absolute atomic E-state index is 0.0336. The Bertz CT molecular complexity index is 946. The number of benzene rings is 2. The number of fused-ring (bicyclic) bond motifs is 1. The van der Waals surface area contributed by atoms with Crippen LogP contribution in [0.5, 0.6) is 0 Å². The highest BCUT2D eigenvalue weighted by Gasteiger charge is 2.13. The van der Waals surface area contributed by atoms with Crippen molar-refractivity contribution in [2.75, 3.05) is 18.9 Å². The zero-order valence-electron chi connectivity index (χ0n) is 15.6. The molecule has 2 amide bonds. The zero-order valence-corrected chi connectivity index (χ0v) is 15.6. The van der Waals surface area contributed by atoms with Crippen molar-refractivity contribution in [1.82, 2.24) is 9.88 Å². The molecule has 0 bridgehead atoms. The van der Waals surface area contributed by atoms with Gasteiger partial charge in [-0.05, 0) is 42.8 Å². The van der Waals surface area contributed by atoms with Crippen LogP contribution in [0.1, 0.15) is 40.5 Å². The molecule has 5 nitrogen and oxygen atoms in total. The van der Waals surface area contributed by atoms with Crippen molar-refractivity contribution >= 4 is 28.4 Å². The summed E-state index contributed by atoms with van der Waals surface area (Å²) < 4.78 is 0. The first-order valence-corrected chi connectivity index (χ1v) is 9.10. The van der Waals surface area contributed by atoms with Crippen LogP contribution in [0, 0.1) is 0 Å². The lowest BCUT2D eigenvalue weighted by Gasteiger charge is -2.16. The first-order valence-electron chi connectivity index (χ1n) is 9.10. The quantitative estimate of drug-likeness (QED) is 0.709. The maximum Gasteiger partial charge on any atom is 0.255 e. The van der Waals surface area contributed by atoms with Gasteiger partial charge in [-0.1, -0.05) is 31.5 Å². The van der Waals surface area contributed by atoms with Crippen LogP contribution in [0.15, 0.2) is 60.8 Å². The molecule has 0 aliphatic carbocycles. The van der Waals surface area contributed by atoms with Crippen LogP contribution >= 0.6 is 0 Å². The fourth-order valence-electron chi connectivity index (χ4n) is 2.88. The van der Waals surface area contributed by atoms with Gasteiger partial charge in [0.15, 0.2) is 0 Å². The maximum atomic E-state index is 12.6. The molecule has 0 fully saturated rings. The highest BCUT2D eigenvalue weighted by atomic mass is 16.2. The second-order valence-corrected chi connectivity index (χ2v) is 6.49. The van der Waals surface area contributed by atoms with Crippen LogP contribution in [-0.2, 0) is 0 Å². The van der Waals surface area contributed by atoms with Crippen molar-refractivity contribution < 1.29 is 9.59 Å². The Hall–Kier alpha value is -3.21. The van der Waals surface area contributed by atoms with E-state index in [9.17, 15) is 9.59 Å². The molecule has 0 aliphatic heterocycles. The summed E-state index contributed by atoms with van der Waals surface area (Å²) in [7, 11) is 1.80. The molecule has 0 aliphatic rings. The highest BCUT2D eigenvalue weighted by molar-refractivity contribution is 6.08. The van der Waals surface area contributed by atoms with Crippen molar-refractivity contribution in [3.8, 4) is 0 Å². The smallest absolute Gasteiger partial charge is 0.255 e. The molecule has 0 radical (unpaired) electrons. The molecule has 1 heterocycles. The van der Waals surface area contributed by atoms with Gasteiger partial charge in [0.05, 0.1) is 11.2 Å². The number of carbonyl (C=O) groups excluding carboxylic acids is 2. The molecule has 1 N–H and O–H groups in total. The van der Waals surface area contributed by atoms with Crippen LogP contribution in [0.25, 0.3) is 10.9 Å². The van der Waals surface area contributed by atoms with Crippen LogP contribution in [0.3, 0.4) is 0 Å². The lowest BCUT2D eigenvalue weighted by molar-refractivity contribution is 0.0792. The monoisotopic (exact) mass is 361 g/mol. The van der Waals surface area contributed by atoms with Gasteiger partial charge in [-0.15, -0.1) is 0 Å². The van der Waals surface area contributed by atoms with Crippen LogP contribution in [0.4, 0.5) is 5.69 Å². The number of hydrogen-bond acceptors (Lipinski definition) is 3. The van der Waals surface area contributed by atoms with Crippen molar-refractivity contribution in [1.29, 1.82) is 0 Å². The van der Waals surface area contributed by atoms with E-state index >= 15 is 0 Å². The standard InChI is InChI=1S/C22H23N3O2/c1-3-4-15-25(2)22(27)18-12-10-17(11-13-18)21(26)24-19-9-5-7-16-8-6-14-23-20(16)19/h5-14H,3-4,15H2,1-2H3,(H,24,26). The second-order valence-electron chi connectivity index (χ2n) is 6.49. The number of hydrogen-bond donors (Lipinski definition) is 1. The van der Waals surface area contributed by atoms with Gasteiger partial charge in [0.25, 0.3) is 11.8 Å². The molecule has 2 aromatic carbocycles. The number of para-hydroxylation sites is 1. The maximum absolute atomic E-state index is 12.6. The number of nitrogens with one attached hydrogen (secondary N) is 1. The molecule has 138 valence electrons. The summed E-state index contributed by atoms with van der Waals surface area (Å²) >= 11 is 0. The molecule has 3 aromatic rings. The fourth-order valence-corrected chi connectivity index (χ4v) is 2.88. The largest absolute Gasteiger partial charge is 0.342 e. The Morgan fingerprint density at radius 2 is 1.70 bits per heavy atom. The summed E-state index contributed by atoms with van der Waals surface area (Å²) in [5.74, 6) is -0.264. The van der Waals surface area contributed by atoms with Gasteiger partial charge >= 0.3 is 0 Å².